The number of aliphatic hydroxyl groups excluding tert-OH is 1. The topological polar surface area (TPSA) is 97.4 Å². The van der Waals surface area contributed by atoms with Gasteiger partial charge < -0.3 is 15.0 Å². The van der Waals surface area contributed by atoms with Gasteiger partial charge in [-0.15, -0.1) is 0 Å². The Morgan fingerprint density at radius 1 is 1.63 bits per heavy atom. The average Bonchev–Trinajstić information content (AvgIpc) is 2.92. The molecule has 104 valence electrons. The molecule has 1 amide bonds. The van der Waals surface area contributed by atoms with Gasteiger partial charge in [-0.05, 0) is 25.2 Å². The van der Waals surface area contributed by atoms with Crippen molar-refractivity contribution in [3.05, 3.63) is 28.1 Å². The first kappa shape index (κ1) is 13.5. The van der Waals surface area contributed by atoms with Crippen molar-refractivity contribution >= 4 is 11.6 Å². The zero-order valence-electron chi connectivity index (χ0n) is 10.7. The highest BCUT2D eigenvalue weighted by molar-refractivity contribution is 5.93. The largest absolute Gasteiger partial charge is 0.393 e. The van der Waals surface area contributed by atoms with Crippen LogP contribution < -0.4 is 5.32 Å². The molecular formula is C12H17N3O4. The van der Waals surface area contributed by atoms with E-state index >= 15 is 0 Å². The molecule has 0 spiro atoms. The molecule has 1 heterocycles. The van der Waals surface area contributed by atoms with Crippen LogP contribution in [0.15, 0.2) is 12.3 Å². The predicted octanol–water partition coefficient (Wildman–Crippen LogP) is 0.824. The summed E-state index contributed by atoms with van der Waals surface area (Å²) in [5.74, 6) is -0.0359. The first-order valence-electron chi connectivity index (χ1n) is 6.24. The third kappa shape index (κ3) is 3.11. The minimum absolute atomic E-state index is 0.0936. The fourth-order valence-corrected chi connectivity index (χ4v) is 2.43. The second kappa shape index (κ2) is 5.40. The number of hydrogen-bond donors (Lipinski definition) is 2. The number of aliphatic hydroxyl groups is 1. The van der Waals surface area contributed by atoms with E-state index in [0.717, 1.165) is 12.8 Å². The number of nitro groups is 1. The van der Waals surface area contributed by atoms with E-state index in [1.807, 2.05) is 0 Å². The van der Waals surface area contributed by atoms with E-state index in [0.29, 0.717) is 13.0 Å². The van der Waals surface area contributed by atoms with Crippen molar-refractivity contribution in [2.24, 2.45) is 13.0 Å². The van der Waals surface area contributed by atoms with E-state index in [1.165, 1.54) is 16.8 Å². The Kier molecular flexibility index (Phi) is 3.84. The molecular weight excluding hydrogens is 250 g/mol. The molecule has 0 aliphatic heterocycles. The number of carbonyl (C=O) groups excluding carboxylic acids is 1. The summed E-state index contributed by atoms with van der Waals surface area (Å²) in [6, 6.07) is 1.26. The molecule has 7 heteroatoms. The monoisotopic (exact) mass is 267 g/mol. The average molecular weight is 267 g/mol. The van der Waals surface area contributed by atoms with Crippen LogP contribution in [0.3, 0.4) is 0 Å². The summed E-state index contributed by atoms with van der Waals surface area (Å²) in [6.45, 7) is 0.495. The number of aromatic nitrogens is 1. The van der Waals surface area contributed by atoms with Gasteiger partial charge in [0.2, 0.25) is 0 Å². The first-order valence-corrected chi connectivity index (χ1v) is 6.24. The smallest absolute Gasteiger partial charge is 0.287 e. The Balaban J connectivity index is 1.94. The van der Waals surface area contributed by atoms with Crippen molar-refractivity contribution in [3.8, 4) is 0 Å². The number of rotatable bonds is 4. The molecule has 19 heavy (non-hydrogen) atoms. The normalized spacial score (nSPS) is 22.4. The molecule has 1 fully saturated rings. The Morgan fingerprint density at radius 2 is 2.37 bits per heavy atom. The zero-order chi connectivity index (χ0) is 14.0. The molecule has 2 rings (SSSR count). The standard InChI is InChI=1S/C12H17N3O4/c1-14-7-9(15(18)19)5-11(14)12(17)13-6-8-2-3-10(16)4-8/h5,7-8,10,16H,2-4,6H2,1H3,(H,13,17). The summed E-state index contributed by atoms with van der Waals surface area (Å²) in [7, 11) is 1.60. The van der Waals surface area contributed by atoms with Crippen LogP contribution in [0.4, 0.5) is 5.69 Å². The van der Waals surface area contributed by atoms with Gasteiger partial charge >= 0.3 is 0 Å². The van der Waals surface area contributed by atoms with Gasteiger partial charge in [0.25, 0.3) is 11.6 Å². The van der Waals surface area contributed by atoms with Crippen LogP contribution in [0.25, 0.3) is 0 Å². The van der Waals surface area contributed by atoms with Gasteiger partial charge in [0.1, 0.15) is 5.69 Å². The number of nitrogens with one attached hydrogen (secondary N) is 1. The molecule has 0 bridgehead atoms. The van der Waals surface area contributed by atoms with Crippen molar-refractivity contribution in [3.63, 3.8) is 0 Å². The molecule has 1 aliphatic rings. The first-order chi connectivity index (χ1) is 8.97. The summed E-state index contributed by atoms with van der Waals surface area (Å²) >= 11 is 0. The molecule has 0 radical (unpaired) electrons. The van der Waals surface area contributed by atoms with Crippen molar-refractivity contribution in [2.75, 3.05) is 6.54 Å². The van der Waals surface area contributed by atoms with E-state index in [9.17, 15) is 20.0 Å². The van der Waals surface area contributed by atoms with Gasteiger partial charge in [-0.1, -0.05) is 0 Å². The SMILES string of the molecule is Cn1cc([N+](=O)[O-])cc1C(=O)NCC1CCC(O)C1. The summed E-state index contributed by atoms with van der Waals surface area (Å²) in [5.41, 5.74) is 0.175. The number of hydrogen-bond acceptors (Lipinski definition) is 4. The van der Waals surface area contributed by atoms with Crippen LogP contribution in [0.5, 0.6) is 0 Å². The second-order valence-corrected chi connectivity index (χ2v) is 4.99. The fraction of sp³-hybridized carbons (Fsp3) is 0.583. The molecule has 2 atom stereocenters. The number of nitrogens with zero attached hydrogens (tertiary/aromatic N) is 2. The van der Waals surface area contributed by atoms with Crippen LogP contribution in [0.1, 0.15) is 29.8 Å². The van der Waals surface area contributed by atoms with Gasteiger partial charge in [-0.3, -0.25) is 14.9 Å². The van der Waals surface area contributed by atoms with Crippen molar-refractivity contribution in [1.82, 2.24) is 9.88 Å². The lowest BCUT2D eigenvalue weighted by Crippen LogP contribution is -2.29. The molecule has 2 unspecified atom stereocenters. The Hall–Kier alpha value is -1.89. The quantitative estimate of drug-likeness (QED) is 0.623. The second-order valence-electron chi connectivity index (χ2n) is 4.99. The maximum absolute atomic E-state index is 11.9. The van der Waals surface area contributed by atoms with Crippen molar-refractivity contribution in [2.45, 2.75) is 25.4 Å². The van der Waals surface area contributed by atoms with Gasteiger partial charge in [-0.25, -0.2) is 0 Å². The van der Waals surface area contributed by atoms with Crippen LogP contribution in [0.2, 0.25) is 0 Å². The summed E-state index contributed by atoms with van der Waals surface area (Å²) in [6.07, 6.45) is 3.42. The van der Waals surface area contributed by atoms with Crippen LogP contribution in [0, 0.1) is 16.0 Å². The van der Waals surface area contributed by atoms with E-state index in [1.54, 1.807) is 7.05 Å². The molecule has 1 saturated carbocycles. The minimum Gasteiger partial charge on any atom is -0.393 e. The molecule has 1 aromatic rings. The fourth-order valence-electron chi connectivity index (χ4n) is 2.43. The zero-order valence-corrected chi connectivity index (χ0v) is 10.7. The molecule has 7 nitrogen and oxygen atoms in total. The lowest BCUT2D eigenvalue weighted by Gasteiger charge is -2.10. The lowest BCUT2D eigenvalue weighted by molar-refractivity contribution is -0.384. The van der Waals surface area contributed by atoms with E-state index < -0.39 is 4.92 Å². The third-order valence-corrected chi connectivity index (χ3v) is 3.50. The predicted molar refractivity (Wildman–Crippen MR) is 67.7 cm³/mol. The Labute approximate surface area is 110 Å². The molecule has 0 saturated heterocycles. The highest BCUT2D eigenvalue weighted by atomic mass is 16.6. The third-order valence-electron chi connectivity index (χ3n) is 3.50. The van der Waals surface area contributed by atoms with Crippen LogP contribution in [-0.4, -0.2) is 33.2 Å². The van der Waals surface area contributed by atoms with Gasteiger partial charge in [0.15, 0.2) is 0 Å². The Morgan fingerprint density at radius 3 is 2.89 bits per heavy atom. The van der Waals surface area contributed by atoms with Gasteiger partial charge in [0.05, 0.1) is 17.2 Å². The molecule has 0 aromatic carbocycles. The van der Waals surface area contributed by atoms with E-state index in [-0.39, 0.29) is 29.3 Å². The number of carbonyl (C=O) groups is 1. The minimum atomic E-state index is -0.524. The highest BCUT2D eigenvalue weighted by Gasteiger charge is 2.24. The summed E-state index contributed by atoms with van der Waals surface area (Å²) in [5, 5.41) is 22.8. The van der Waals surface area contributed by atoms with E-state index in [2.05, 4.69) is 5.32 Å². The van der Waals surface area contributed by atoms with Gasteiger partial charge in [-0.2, -0.15) is 0 Å². The summed E-state index contributed by atoms with van der Waals surface area (Å²) in [4.78, 5) is 22.0. The molecule has 1 aliphatic carbocycles. The maximum Gasteiger partial charge on any atom is 0.287 e. The highest BCUT2D eigenvalue weighted by Crippen LogP contribution is 2.24. The molecule has 1 aromatic heterocycles. The molecule has 2 N–H and O–H groups in total. The lowest BCUT2D eigenvalue weighted by atomic mass is 10.1. The van der Waals surface area contributed by atoms with Crippen molar-refractivity contribution < 1.29 is 14.8 Å². The number of amides is 1. The Bertz CT molecular complexity index is 497. The summed E-state index contributed by atoms with van der Waals surface area (Å²) < 4.78 is 1.44. The van der Waals surface area contributed by atoms with Crippen LogP contribution in [-0.2, 0) is 7.05 Å². The van der Waals surface area contributed by atoms with Crippen molar-refractivity contribution in [1.29, 1.82) is 0 Å². The van der Waals surface area contributed by atoms with Gasteiger partial charge in [0, 0.05) is 19.7 Å². The van der Waals surface area contributed by atoms with Crippen LogP contribution >= 0.6 is 0 Å². The van der Waals surface area contributed by atoms with E-state index in [4.69, 9.17) is 0 Å². The number of aryl methyl sites for hydroxylation is 1. The maximum atomic E-state index is 11.9.